The van der Waals surface area contributed by atoms with Gasteiger partial charge in [-0.05, 0) is 23.2 Å². The smallest absolute Gasteiger partial charge is 0.506 e. The van der Waals surface area contributed by atoms with Crippen LogP contribution in [0.2, 0.25) is 0 Å². The summed E-state index contributed by atoms with van der Waals surface area (Å²) in [6.45, 7) is 0. The molecule has 12 heavy (non-hydrogen) atoms. The van der Waals surface area contributed by atoms with E-state index in [1.54, 1.807) is 0 Å². The second kappa shape index (κ2) is 3.79. The van der Waals surface area contributed by atoms with Crippen molar-refractivity contribution < 1.29 is 17.4 Å². The molecule has 0 amide bonds. The highest BCUT2D eigenvalue weighted by Gasteiger charge is 2.15. The third-order valence-electron chi connectivity index (χ3n) is 1.18. The van der Waals surface area contributed by atoms with E-state index in [4.69, 9.17) is 0 Å². The van der Waals surface area contributed by atoms with Crippen LogP contribution in [0.15, 0.2) is 28.0 Å². The van der Waals surface area contributed by atoms with Gasteiger partial charge in [-0.25, -0.2) is 4.39 Å². The lowest BCUT2D eigenvalue weighted by Gasteiger charge is -2.01. The Bertz CT molecular complexity index is 340. The molecule has 0 aliphatic rings. The van der Waals surface area contributed by atoms with Crippen molar-refractivity contribution in [2.24, 2.45) is 0 Å². The van der Waals surface area contributed by atoms with Gasteiger partial charge in [0.05, 0.1) is 4.90 Å². The first-order valence-electron chi connectivity index (χ1n) is 2.84. The molecule has 3 nitrogen and oxygen atoms in total. The highest BCUT2D eigenvalue weighted by molar-refractivity contribution is 7.79. The molecule has 1 aromatic rings. The summed E-state index contributed by atoms with van der Waals surface area (Å²) in [6, 6.07) is 2.98. The van der Waals surface area contributed by atoms with Crippen molar-refractivity contribution in [1.29, 1.82) is 0 Å². The Morgan fingerprint density at radius 1 is 1.50 bits per heavy atom. The fourth-order valence-corrected chi connectivity index (χ4v) is 1.69. The molecule has 0 N–H and O–H groups in total. The normalized spacial score (nSPS) is 12.5. The first-order chi connectivity index (χ1) is 5.65. The molecule has 1 atom stereocenters. The summed E-state index contributed by atoms with van der Waals surface area (Å²) in [4.78, 5) is -0.292. The van der Waals surface area contributed by atoms with E-state index in [-0.39, 0.29) is 21.5 Å². The first kappa shape index (κ1) is 9.37. The molecule has 1 rings (SSSR count). The molecule has 0 bridgehead atoms. The number of hydrogen-bond acceptors (Lipinski definition) is 3. The van der Waals surface area contributed by atoms with Crippen molar-refractivity contribution in [2.45, 2.75) is 9.79 Å². The monoisotopic (exact) mass is 206 g/mol. The molecule has 64 valence electrons. The summed E-state index contributed by atoms with van der Waals surface area (Å²) >= 11 is -2.54. The minimum Gasteiger partial charge on any atom is -0.768 e. The van der Waals surface area contributed by atoms with E-state index in [0.29, 0.717) is 0 Å². The van der Waals surface area contributed by atoms with Gasteiger partial charge in [0.1, 0.15) is 5.82 Å². The summed E-state index contributed by atoms with van der Waals surface area (Å²) in [5, 5.41) is 0. The van der Waals surface area contributed by atoms with Crippen molar-refractivity contribution in [2.75, 3.05) is 0 Å². The lowest BCUT2D eigenvalue weighted by atomic mass is 10.3. The van der Waals surface area contributed by atoms with Crippen molar-refractivity contribution in [3.63, 3.8) is 0 Å². The van der Waals surface area contributed by atoms with Gasteiger partial charge in [-0.2, -0.15) is 0 Å². The quantitative estimate of drug-likeness (QED) is 0.532. The Kier molecular flexibility index (Phi) is 2.96. The number of hydrogen-bond donors (Lipinski definition) is 0. The van der Waals surface area contributed by atoms with Crippen LogP contribution in [0.25, 0.3) is 0 Å². The number of rotatable bonds is 2. The number of halogens is 1. The average Bonchev–Trinajstić information content (AvgIpc) is 2.04. The van der Waals surface area contributed by atoms with Crippen LogP contribution >= 0.6 is 0 Å². The minimum atomic E-state index is -2.56. The summed E-state index contributed by atoms with van der Waals surface area (Å²) in [5.41, 5.74) is 0. The maximum Gasteiger partial charge on any atom is 0.506 e. The van der Waals surface area contributed by atoms with Crippen LogP contribution in [0.1, 0.15) is 0 Å². The highest BCUT2D eigenvalue weighted by Crippen LogP contribution is 2.14. The molecule has 0 aromatic heterocycles. The molecule has 0 radical (unpaired) electrons. The van der Waals surface area contributed by atoms with Gasteiger partial charge >= 0.3 is 16.6 Å². The van der Waals surface area contributed by atoms with E-state index in [1.807, 2.05) is 0 Å². The summed E-state index contributed by atoms with van der Waals surface area (Å²) in [6.07, 6.45) is 0. The van der Waals surface area contributed by atoms with Gasteiger partial charge in [0.25, 0.3) is 0 Å². The Morgan fingerprint density at radius 3 is 2.67 bits per heavy atom. The summed E-state index contributed by atoms with van der Waals surface area (Å²) in [5.74, 6) is -0.674. The predicted molar refractivity (Wildman–Crippen MR) is 39.9 cm³/mol. The maximum atomic E-state index is 12.5. The zero-order valence-corrected chi connectivity index (χ0v) is 7.28. The molecule has 1 unspecified atom stereocenters. The zero-order chi connectivity index (χ0) is 9.14. The fraction of sp³-hybridized carbons (Fsp3) is 0. The lowest BCUT2D eigenvalue weighted by molar-refractivity contribution is 0.532. The molecule has 1 aromatic carbocycles. The third-order valence-corrected chi connectivity index (χ3v) is 2.54. The van der Waals surface area contributed by atoms with Crippen LogP contribution in [-0.4, -0.2) is 8.76 Å². The van der Waals surface area contributed by atoms with Gasteiger partial charge in [-0.1, -0.05) is 0 Å². The molecule has 0 aliphatic heterocycles. The largest absolute Gasteiger partial charge is 0.768 e. The van der Waals surface area contributed by atoms with Crippen LogP contribution in [0.3, 0.4) is 0 Å². The standard InChI is InChI=1S/C6H3FO3S2/c7-4-1-2-5(11-8)6(3-4)12(9)10/h1-3H. The second-order valence-corrected chi connectivity index (χ2v) is 3.42. The van der Waals surface area contributed by atoms with Crippen molar-refractivity contribution >= 4 is 22.7 Å². The Balaban J connectivity index is 3.30. The van der Waals surface area contributed by atoms with Crippen LogP contribution in [0, 0.1) is 5.82 Å². The van der Waals surface area contributed by atoms with Crippen molar-refractivity contribution in [1.82, 2.24) is 0 Å². The SMILES string of the molecule is O=[S+]c1ccc(F)cc1S(=O)[O-]. The van der Waals surface area contributed by atoms with Gasteiger partial charge in [0.2, 0.25) is 0 Å². The van der Waals surface area contributed by atoms with E-state index >= 15 is 0 Å². The van der Waals surface area contributed by atoms with Gasteiger partial charge in [-0.3, -0.25) is 4.21 Å². The molecule has 0 heterocycles. The highest BCUT2D eigenvalue weighted by atomic mass is 32.2. The zero-order valence-electron chi connectivity index (χ0n) is 5.65. The maximum absolute atomic E-state index is 12.5. The van der Waals surface area contributed by atoms with E-state index in [1.165, 1.54) is 0 Å². The molecular weight excluding hydrogens is 203 g/mol. The van der Waals surface area contributed by atoms with Crippen molar-refractivity contribution in [3.05, 3.63) is 24.0 Å². The van der Waals surface area contributed by atoms with Gasteiger partial charge < -0.3 is 4.55 Å². The van der Waals surface area contributed by atoms with Gasteiger partial charge in [0.15, 0.2) is 0 Å². The average molecular weight is 206 g/mol. The molecule has 0 spiro atoms. The lowest BCUT2D eigenvalue weighted by Crippen LogP contribution is -1.93. The first-order valence-corrected chi connectivity index (χ1v) is 4.65. The fourth-order valence-electron chi connectivity index (χ4n) is 0.681. The Labute approximate surface area is 74.4 Å². The van der Waals surface area contributed by atoms with Gasteiger partial charge in [-0.15, -0.1) is 0 Å². The Hall–Kier alpha value is -0.720. The third kappa shape index (κ3) is 1.90. The van der Waals surface area contributed by atoms with Crippen molar-refractivity contribution in [3.8, 4) is 0 Å². The van der Waals surface area contributed by atoms with Crippen LogP contribution in [0.4, 0.5) is 4.39 Å². The van der Waals surface area contributed by atoms with E-state index in [9.17, 15) is 17.4 Å². The molecule has 6 heteroatoms. The second-order valence-electron chi connectivity index (χ2n) is 1.91. The molecular formula is C6H3FO3S2. The van der Waals surface area contributed by atoms with E-state index in [0.717, 1.165) is 18.2 Å². The van der Waals surface area contributed by atoms with Crippen LogP contribution in [-0.2, 0) is 27.0 Å². The predicted octanol–water partition coefficient (Wildman–Crippen LogP) is 0.851. The van der Waals surface area contributed by atoms with Gasteiger partial charge in [0, 0.05) is 10.3 Å². The molecule has 0 fully saturated rings. The minimum absolute atomic E-state index is 0.00438. The Morgan fingerprint density at radius 2 is 2.17 bits per heavy atom. The number of benzene rings is 1. The molecule has 0 saturated heterocycles. The summed E-state index contributed by atoms with van der Waals surface area (Å²) < 4.78 is 43.6. The van der Waals surface area contributed by atoms with E-state index in [2.05, 4.69) is 0 Å². The summed E-state index contributed by atoms with van der Waals surface area (Å²) in [7, 11) is 0. The molecule has 0 aliphatic carbocycles. The van der Waals surface area contributed by atoms with Crippen LogP contribution in [0.5, 0.6) is 0 Å². The van der Waals surface area contributed by atoms with Crippen LogP contribution < -0.4 is 0 Å². The topological polar surface area (TPSA) is 57.2 Å². The van der Waals surface area contributed by atoms with E-state index < -0.39 is 16.9 Å². The molecule has 0 saturated carbocycles.